The zero-order chi connectivity index (χ0) is 14.8. The number of nitrogens with two attached hydrogens (primary N) is 1. The molecule has 1 heterocycles. The molecule has 0 aliphatic carbocycles. The van der Waals surface area contributed by atoms with Gasteiger partial charge in [-0.1, -0.05) is 20.8 Å². The Morgan fingerprint density at radius 2 is 1.79 bits per heavy atom. The highest BCUT2D eigenvalue weighted by Gasteiger charge is 2.36. The monoisotopic (exact) mass is 291 g/mol. The van der Waals surface area contributed by atoms with Crippen molar-refractivity contribution in [1.82, 2.24) is 8.61 Å². The van der Waals surface area contributed by atoms with Gasteiger partial charge in [0, 0.05) is 26.2 Å². The van der Waals surface area contributed by atoms with Gasteiger partial charge in [0.1, 0.15) is 0 Å². The number of hydrogen-bond donors (Lipinski definition) is 1. The highest BCUT2D eigenvalue weighted by molar-refractivity contribution is 7.86. The van der Waals surface area contributed by atoms with Gasteiger partial charge in [-0.3, -0.25) is 0 Å². The molecular formula is C13H29N3O2S. The van der Waals surface area contributed by atoms with Crippen LogP contribution in [0.15, 0.2) is 0 Å². The smallest absolute Gasteiger partial charge is 0.281 e. The van der Waals surface area contributed by atoms with E-state index in [1.54, 1.807) is 11.4 Å². The average molecular weight is 291 g/mol. The minimum Gasteiger partial charge on any atom is -0.330 e. The van der Waals surface area contributed by atoms with Crippen molar-refractivity contribution in [3.8, 4) is 0 Å². The third kappa shape index (κ3) is 3.90. The lowest BCUT2D eigenvalue weighted by molar-refractivity contribution is 0.194. The lowest BCUT2D eigenvalue weighted by Crippen LogP contribution is -2.51. The summed E-state index contributed by atoms with van der Waals surface area (Å²) < 4.78 is 28.3. The van der Waals surface area contributed by atoms with Crippen molar-refractivity contribution >= 4 is 10.2 Å². The summed E-state index contributed by atoms with van der Waals surface area (Å²) in [6.45, 7) is 9.97. The maximum absolute atomic E-state index is 12.6. The standard InChI is InChI=1S/C13H29N3O2S/c1-11(13(2,3)4)15(5)19(17,18)16-8-6-12(10-14)7-9-16/h11-12H,6-10,14H2,1-5H3. The molecule has 0 aromatic heterocycles. The molecule has 1 atom stereocenters. The largest absolute Gasteiger partial charge is 0.330 e. The first-order valence-corrected chi connectivity index (χ1v) is 8.43. The van der Waals surface area contributed by atoms with E-state index in [2.05, 4.69) is 20.8 Å². The van der Waals surface area contributed by atoms with Gasteiger partial charge in [-0.2, -0.15) is 17.0 Å². The van der Waals surface area contributed by atoms with Crippen molar-refractivity contribution in [3.05, 3.63) is 0 Å². The molecule has 0 spiro atoms. The first kappa shape index (κ1) is 16.9. The van der Waals surface area contributed by atoms with Gasteiger partial charge in [-0.15, -0.1) is 0 Å². The summed E-state index contributed by atoms with van der Waals surface area (Å²) in [7, 11) is -1.67. The van der Waals surface area contributed by atoms with Gasteiger partial charge in [0.05, 0.1) is 0 Å². The molecule has 0 aromatic carbocycles. The molecule has 0 aromatic rings. The van der Waals surface area contributed by atoms with E-state index in [9.17, 15) is 8.42 Å². The molecule has 1 unspecified atom stereocenters. The number of hydrogen-bond acceptors (Lipinski definition) is 3. The van der Waals surface area contributed by atoms with Crippen LogP contribution in [0.1, 0.15) is 40.5 Å². The van der Waals surface area contributed by atoms with Gasteiger partial charge in [-0.25, -0.2) is 0 Å². The van der Waals surface area contributed by atoms with Gasteiger partial charge in [0.25, 0.3) is 10.2 Å². The maximum atomic E-state index is 12.6. The second-order valence-electron chi connectivity index (χ2n) is 6.64. The van der Waals surface area contributed by atoms with Gasteiger partial charge in [0.15, 0.2) is 0 Å². The number of rotatable bonds is 4. The van der Waals surface area contributed by atoms with Gasteiger partial charge in [-0.05, 0) is 37.6 Å². The molecular weight excluding hydrogens is 262 g/mol. The lowest BCUT2D eigenvalue weighted by atomic mass is 9.88. The summed E-state index contributed by atoms with van der Waals surface area (Å²) in [4.78, 5) is 0. The van der Waals surface area contributed by atoms with Crippen molar-refractivity contribution in [2.45, 2.75) is 46.6 Å². The topological polar surface area (TPSA) is 66.6 Å². The zero-order valence-corrected chi connectivity index (χ0v) is 13.7. The molecule has 19 heavy (non-hydrogen) atoms. The zero-order valence-electron chi connectivity index (χ0n) is 12.9. The van der Waals surface area contributed by atoms with Crippen LogP contribution >= 0.6 is 0 Å². The summed E-state index contributed by atoms with van der Waals surface area (Å²) in [5.74, 6) is 0.469. The van der Waals surface area contributed by atoms with Crippen molar-refractivity contribution in [1.29, 1.82) is 0 Å². The van der Waals surface area contributed by atoms with E-state index in [1.165, 1.54) is 4.31 Å². The average Bonchev–Trinajstić information content (AvgIpc) is 2.35. The lowest BCUT2D eigenvalue weighted by Gasteiger charge is -2.39. The molecule has 1 saturated heterocycles. The molecule has 0 bridgehead atoms. The molecule has 5 nitrogen and oxygen atoms in total. The van der Waals surface area contributed by atoms with Crippen molar-refractivity contribution < 1.29 is 8.42 Å². The van der Waals surface area contributed by atoms with Crippen LogP contribution in [0, 0.1) is 11.3 Å². The molecule has 1 fully saturated rings. The number of nitrogens with zero attached hydrogens (tertiary/aromatic N) is 2. The SMILES string of the molecule is CC(N(C)S(=O)(=O)N1CCC(CN)CC1)C(C)(C)C. The Balaban J connectivity index is 2.76. The third-order valence-corrected chi connectivity index (χ3v) is 6.46. The summed E-state index contributed by atoms with van der Waals surface area (Å²) in [5, 5.41) is 0. The molecule has 0 radical (unpaired) electrons. The molecule has 1 aliphatic rings. The Labute approximate surface area is 118 Å². The second-order valence-corrected chi connectivity index (χ2v) is 8.63. The van der Waals surface area contributed by atoms with E-state index in [0.29, 0.717) is 25.6 Å². The van der Waals surface area contributed by atoms with Crippen molar-refractivity contribution in [3.63, 3.8) is 0 Å². The Kier molecular flexibility index (Phi) is 5.40. The minimum absolute atomic E-state index is 0.0373. The van der Waals surface area contributed by atoms with Gasteiger partial charge >= 0.3 is 0 Å². The first-order valence-electron chi connectivity index (χ1n) is 7.04. The molecule has 114 valence electrons. The van der Waals surface area contributed by atoms with E-state index in [-0.39, 0.29) is 11.5 Å². The van der Waals surface area contributed by atoms with Gasteiger partial charge in [0.2, 0.25) is 0 Å². The second kappa shape index (κ2) is 6.08. The Bertz CT molecular complexity index is 381. The van der Waals surface area contributed by atoms with Crippen LogP contribution in [0.3, 0.4) is 0 Å². The summed E-state index contributed by atoms with van der Waals surface area (Å²) in [6.07, 6.45) is 1.74. The van der Waals surface area contributed by atoms with Crippen molar-refractivity contribution in [2.24, 2.45) is 17.1 Å². The Morgan fingerprint density at radius 1 is 1.32 bits per heavy atom. The third-order valence-electron chi connectivity index (χ3n) is 4.40. The van der Waals surface area contributed by atoms with Crippen LogP contribution < -0.4 is 5.73 Å². The summed E-state index contributed by atoms with van der Waals surface area (Å²) in [5.41, 5.74) is 5.57. The fraction of sp³-hybridized carbons (Fsp3) is 1.00. The normalized spacial score (nSPS) is 21.8. The van der Waals surface area contributed by atoms with Crippen LogP contribution in [0.2, 0.25) is 0 Å². The fourth-order valence-electron chi connectivity index (χ4n) is 2.30. The first-order chi connectivity index (χ1) is 8.60. The van der Waals surface area contributed by atoms with Crippen molar-refractivity contribution in [2.75, 3.05) is 26.7 Å². The van der Waals surface area contributed by atoms with Crippen LogP contribution in [-0.2, 0) is 10.2 Å². The predicted octanol–water partition coefficient (Wildman–Crippen LogP) is 1.27. The fourth-order valence-corrected chi connectivity index (χ4v) is 4.06. The van der Waals surface area contributed by atoms with Crippen LogP contribution in [0.25, 0.3) is 0 Å². The van der Waals surface area contributed by atoms with Gasteiger partial charge < -0.3 is 5.73 Å². The van der Waals surface area contributed by atoms with E-state index in [0.717, 1.165) is 12.8 Å². The Hall–Kier alpha value is -0.170. The minimum atomic E-state index is -3.35. The molecule has 2 N–H and O–H groups in total. The van der Waals surface area contributed by atoms with E-state index in [4.69, 9.17) is 5.73 Å². The van der Waals surface area contributed by atoms with E-state index >= 15 is 0 Å². The number of piperidine rings is 1. The Morgan fingerprint density at radius 3 is 2.16 bits per heavy atom. The molecule has 6 heteroatoms. The highest BCUT2D eigenvalue weighted by atomic mass is 32.2. The molecule has 0 amide bonds. The van der Waals surface area contributed by atoms with Crippen LogP contribution in [0.4, 0.5) is 0 Å². The summed E-state index contributed by atoms with van der Waals surface area (Å²) in [6, 6.07) is -0.0373. The maximum Gasteiger partial charge on any atom is 0.281 e. The van der Waals surface area contributed by atoms with Crippen LogP contribution in [0.5, 0.6) is 0 Å². The molecule has 1 aliphatic heterocycles. The highest BCUT2D eigenvalue weighted by Crippen LogP contribution is 2.27. The quantitative estimate of drug-likeness (QED) is 0.848. The molecule has 1 rings (SSSR count). The predicted molar refractivity (Wildman–Crippen MR) is 79.0 cm³/mol. The van der Waals surface area contributed by atoms with Crippen LogP contribution in [-0.4, -0.2) is 49.8 Å². The van der Waals surface area contributed by atoms with E-state index in [1.807, 2.05) is 6.92 Å². The molecule has 0 saturated carbocycles. The summed E-state index contributed by atoms with van der Waals surface area (Å²) >= 11 is 0. The van der Waals surface area contributed by atoms with E-state index < -0.39 is 10.2 Å².